The summed E-state index contributed by atoms with van der Waals surface area (Å²) in [5, 5.41) is 2.54. The summed E-state index contributed by atoms with van der Waals surface area (Å²) in [4.78, 5) is 24.6. The van der Waals surface area contributed by atoms with Gasteiger partial charge in [0.05, 0.1) is 17.9 Å². The van der Waals surface area contributed by atoms with Gasteiger partial charge in [-0.15, -0.1) is 0 Å². The number of amides is 2. The van der Waals surface area contributed by atoms with Crippen molar-refractivity contribution in [1.82, 2.24) is 4.90 Å². The van der Waals surface area contributed by atoms with Gasteiger partial charge in [-0.2, -0.15) is 0 Å². The van der Waals surface area contributed by atoms with E-state index in [0.717, 1.165) is 0 Å². The summed E-state index contributed by atoms with van der Waals surface area (Å²) in [7, 11) is 3.31. The number of rotatable bonds is 3. The standard InChI is InChI=1S/C12H16N2O3/c1-4-17-12(16)13-10-8-6-5-7-9(10)11(15)14(2)3/h5-8H,4H2,1-3H3,(H,13,16). The maximum Gasteiger partial charge on any atom is 0.411 e. The fourth-order valence-electron chi connectivity index (χ4n) is 1.30. The summed E-state index contributed by atoms with van der Waals surface area (Å²) >= 11 is 0. The summed E-state index contributed by atoms with van der Waals surface area (Å²) in [6.45, 7) is 2.01. The molecular formula is C12H16N2O3. The monoisotopic (exact) mass is 236 g/mol. The lowest BCUT2D eigenvalue weighted by atomic mass is 10.1. The fourth-order valence-corrected chi connectivity index (χ4v) is 1.30. The smallest absolute Gasteiger partial charge is 0.411 e. The van der Waals surface area contributed by atoms with Gasteiger partial charge in [0.15, 0.2) is 0 Å². The van der Waals surface area contributed by atoms with E-state index < -0.39 is 6.09 Å². The number of para-hydroxylation sites is 1. The van der Waals surface area contributed by atoms with E-state index >= 15 is 0 Å². The molecule has 0 aliphatic heterocycles. The van der Waals surface area contributed by atoms with Gasteiger partial charge in [0.1, 0.15) is 0 Å². The number of benzene rings is 1. The van der Waals surface area contributed by atoms with Crippen LogP contribution in [0.2, 0.25) is 0 Å². The molecule has 0 spiro atoms. The van der Waals surface area contributed by atoms with Crippen LogP contribution in [0.25, 0.3) is 0 Å². The van der Waals surface area contributed by atoms with Crippen molar-refractivity contribution in [1.29, 1.82) is 0 Å². The number of nitrogens with zero attached hydrogens (tertiary/aromatic N) is 1. The Morgan fingerprint density at radius 1 is 1.29 bits per heavy atom. The molecule has 0 radical (unpaired) electrons. The van der Waals surface area contributed by atoms with Gasteiger partial charge in [-0.3, -0.25) is 10.1 Å². The van der Waals surface area contributed by atoms with Crippen molar-refractivity contribution in [3.05, 3.63) is 29.8 Å². The largest absolute Gasteiger partial charge is 0.450 e. The first kappa shape index (κ1) is 13.0. The molecule has 1 aromatic carbocycles. The summed E-state index contributed by atoms with van der Waals surface area (Å²) < 4.78 is 4.77. The topological polar surface area (TPSA) is 58.6 Å². The predicted molar refractivity (Wildman–Crippen MR) is 65.1 cm³/mol. The zero-order valence-electron chi connectivity index (χ0n) is 10.2. The van der Waals surface area contributed by atoms with Gasteiger partial charge in [0, 0.05) is 14.1 Å². The van der Waals surface area contributed by atoms with E-state index in [2.05, 4.69) is 5.32 Å². The zero-order valence-corrected chi connectivity index (χ0v) is 10.2. The molecule has 92 valence electrons. The lowest BCUT2D eigenvalue weighted by Gasteiger charge is -2.14. The molecule has 5 nitrogen and oxygen atoms in total. The summed E-state index contributed by atoms with van der Waals surface area (Å²) in [5.74, 6) is -0.169. The molecule has 17 heavy (non-hydrogen) atoms. The highest BCUT2D eigenvalue weighted by Crippen LogP contribution is 2.16. The van der Waals surface area contributed by atoms with Crippen molar-refractivity contribution in [2.45, 2.75) is 6.92 Å². The van der Waals surface area contributed by atoms with Crippen LogP contribution < -0.4 is 5.32 Å². The highest BCUT2D eigenvalue weighted by Gasteiger charge is 2.14. The first-order valence-electron chi connectivity index (χ1n) is 5.30. The summed E-state index contributed by atoms with van der Waals surface area (Å²) in [6.07, 6.45) is -0.563. The fraction of sp³-hybridized carbons (Fsp3) is 0.333. The van der Waals surface area contributed by atoms with Gasteiger partial charge in [-0.1, -0.05) is 12.1 Å². The van der Waals surface area contributed by atoms with Crippen molar-refractivity contribution in [2.75, 3.05) is 26.0 Å². The van der Waals surface area contributed by atoms with Crippen LogP contribution in [-0.2, 0) is 4.74 Å². The van der Waals surface area contributed by atoms with Gasteiger partial charge in [0.25, 0.3) is 5.91 Å². The number of nitrogens with one attached hydrogen (secondary N) is 1. The number of anilines is 1. The van der Waals surface area contributed by atoms with E-state index in [1.165, 1.54) is 4.90 Å². The Morgan fingerprint density at radius 2 is 1.94 bits per heavy atom. The molecule has 0 bridgehead atoms. The van der Waals surface area contributed by atoms with Gasteiger partial charge >= 0.3 is 6.09 Å². The van der Waals surface area contributed by atoms with Gasteiger partial charge < -0.3 is 9.64 Å². The molecule has 2 amide bonds. The van der Waals surface area contributed by atoms with Crippen LogP contribution in [0.15, 0.2) is 24.3 Å². The van der Waals surface area contributed by atoms with E-state index in [4.69, 9.17) is 4.74 Å². The molecular weight excluding hydrogens is 220 g/mol. The number of hydrogen-bond acceptors (Lipinski definition) is 3. The Morgan fingerprint density at radius 3 is 2.53 bits per heavy atom. The van der Waals surface area contributed by atoms with Gasteiger partial charge in [-0.25, -0.2) is 4.79 Å². The van der Waals surface area contributed by atoms with Crippen LogP contribution >= 0.6 is 0 Å². The first-order valence-corrected chi connectivity index (χ1v) is 5.30. The quantitative estimate of drug-likeness (QED) is 0.872. The van der Waals surface area contributed by atoms with E-state index in [0.29, 0.717) is 11.3 Å². The second-order valence-electron chi connectivity index (χ2n) is 3.59. The molecule has 0 unspecified atom stereocenters. The third-order valence-electron chi connectivity index (χ3n) is 2.08. The number of carbonyl (C=O) groups is 2. The molecule has 1 rings (SSSR count). The normalized spacial score (nSPS) is 9.59. The summed E-state index contributed by atoms with van der Waals surface area (Å²) in [6, 6.07) is 6.80. The third-order valence-corrected chi connectivity index (χ3v) is 2.08. The van der Waals surface area contributed by atoms with Crippen molar-refractivity contribution in [3.8, 4) is 0 Å². The minimum Gasteiger partial charge on any atom is -0.450 e. The van der Waals surface area contributed by atoms with Gasteiger partial charge in [0.2, 0.25) is 0 Å². The van der Waals surface area contributed by atoms with Gasteiger partial charge in [-0.05, 0) is 19.1 Å². The number of ether oxygens (including phenoxy) is 1. The predicted octanol–water partition coefficient (Wildman–Crippen LogP) is 1.96. The molecule has 0 aromatic heterocycles. The lowest BCUT2D eigenvalue weighted by molar-refractivity contribution is 0.0828. The van der Waals surface area contributed by atoms with Crippen molar-refractivity contribution in [2.24, 2.45) is 0 Å². The van der Waals surface area contributed by atoms with Crippen LogP contribution in [0.5, 0.6) is 0 Å². The SMILES string of the molecule is CCOC(=O)Nc1ccccc1C(=O)N(C)C. The van der Waals surface area contributed by atoms with Crippen LogP contribution in [0.1, 0.15) is 17.3 Å². The van der Waals surface area contributed by atoms with Crippen LogP contribution in [0.3, 0.4) is 0 Å². The maximum absolute atomic E-state index is 11.8. The second-order valence-corrected chi connectivity index (χ2v) is 3.59. The van der Waals surface area contributed by atoms with Crippen molar-refractivity contribution >= 4 is 17.7 Å². The molecule has 0 aliphatic rings. The molecule has 0 fully saturated rings. The zero-order chi connectivity index (χ0) is 12.8. The van der Waals surface area contributed by atoms with E-state index in [1.54, 1.807) is 45.3 Å². The Bertz CT molecular complexity index is 416. The molecule has 0 heterocycles. The van der Waals surface area contributed by atoms with Crippen molar-refractivity contribution < 1.29 is 14.3 Å². The minimum absolute atomic E-state index is 0.169. The number of hydrogen-bond donors (Lipinski definition) is 1. The van der Waals surface area contributed by atoms with E-state index in [1.807, 2.05) is 0 Å². The summed E-state index contributed by atoms with van der Waals surface area (Å²) in [5.41, 5.74) is 0.884. The average Bonchev–Trinajstić information content (AvgIpc) is 2.29. The third kappa shape index (κ3) is 3.48. The average molecular weight is 236 g/mol. The molecule has 5 heteroatoms. The molecule has 1 N–H and O–H groups in total. The van der Waals surface area contributed by atoms with Crippen LogP contribution in [-0.4, -0.2) is 37.6 Å². The Labute approximate surface area is 100 Å². The second kappa shape index (κ2) is 5.89. The Kier molecular flexibility index (Phi) is 4.51. The molecule has 1 aromatic rings. The molecule has 0 atom stereocenters. The Hall–Kier alpha value is -2.04. The maximum atomic E-state index is 11.8. The molecule has 0 aliphatic carbocycles. The first-order chi connectivity index (χ1) is 8.06. The van der Waals surface area contributed by atoms with Crippen molar-refractivity contribution in [3.63, 3.8) is 0 Å². The highest BCUT2D eigenvalue weighted by atomic mass is 16.5. The van der Waals surface area contributed by atoms with Crippen LogP contribution in [0, 0.1) is 0 Å². The van der Waals surface area contributed by atoms with Crippen LogP contribution in [0.4, 0.5) is 10.5 Å². The molecule has 0 saturated heterocycles. The van der Waals surface area contributed by atoms with E-state index in [-0.39, 0.29) is 12.5 Å². The van der Waals surface area contributed by atoms with E-state index in [9.17, 15) is 9.59 Å². The number of carbonyl (C=O) groups excluding carboxylic acids is 2. The highest BCUT2D eigenvalue weighted by molar-refractivity contribution is 6.02. The molecule has 0 saturated carbocycles. The lowest BCUT2D eigenvalue weighted by Crippen LogP contribution is -2.24. The minimum atomic E-state index is -0.563. The Balaban J connectivity index is 2.92.